The summed E-state index contributed by atoms with van der Waals surface area (Å²) >= 11 is 5.91. The van der Waals surface area contributed by atoms with Crippen LogP contribution in [-0.2, 0) is 0 Å². The summed E-state index contributed by atoms with van der Waals surface area (Å²) in [4.78, 5) is 12.7. The van der Waals surface area contributed by atoms with E-state index in [0.29, 0.717) is 22.2 Å². The molecule has 0 unspecified atom stereocenters. The van der Waals surface area contributed by atoms with Gasteiger partial charge >= 0.3 is 0 Å². The van der Waals surface area contributed by atoms with Crippen LogP contribution in [0.5, 0.6) is 5.88 Å². The fraction of sp³-hybridized carbons (Fsp3) is 0.231. The van der Waals surface area contributed by atoms with Gasteiger partial charge in [-0.1, -0.05) is 11.6 Å². The molecule has 0 aromatic carbocycles. The molecule has 0 spiro atoms. The first-order chi connectivity index (χ1) is 9.70. The van der Waals surface area contributed by atoms with E-state index in [9.17, 15) is 0 Å². The summed E-state index contributed by atoms with van der Waals surface area (Å²) < 4.78 is 7.04. The average Bonchev–Trinajstić information content (AvgIpc) is 2.89. The number of nitrogens with zero attached hydrogens (tertiary/aromatic N) is 5. The van der Waals surface area contributed by atoms with Crippen molar-refractivity contribution in [2.24, 2.45) is 0 Å². The molecule has 6 nitrogen and oxygen atoms in total. The molecule has 0 saturated heterocycles. The molecule has 1 atom stereocenters. The molecule has 0 N–H and O–H groups in total. The molecule has 0 aliphatic rings. The lowest BCUT2D eigenvalue weighted by atomic mass is 10.1. The van der Waals surface area contributed by atoms with Gasteiger partial charge in [0, 0.05) is 11.8 Å². The Balaban J connectivity index is 2.12. The van der Waals surface area contributed by atoms with Crippen molar-refractivity contribution < 1.29 is 4.74 Å². The van der Waals surface area contributed by atoms with Crippen LogP contribution < -0.4 is 4.74 Å². The molecule has 3 aromatic heterocycles. The predicted molar refractivity (Wildman–Crippen MR) is 74.9 cm³/mol. The van der Waals surface area contributed by atoms with E-state index in [2.05, 4.69) is 20.1 Å². The highest BCUT2D eigenvalue weighted by molar-refractivity contribution is 6.29. The minimum atomic E-state index is -0.0936. The maximum Gasteiger partial charge on any atom is 0.218 e. The van der Waals surface area contributed by atoms with Crippen LogP contribution in [0.15, 0.2) is 30.7 Å². The van der Waals surface area contributed by atoms with Gasteiger partial charge in [0.15, 0.2) is 5.65 Å². The zero-order chi connectivity index (χ0) is 14.1. The lowest BCUT2D eigenvalue weighted by Crippen LogP contribution is -2.11. The highest BCUT2D eigenvalue weighted by Crippen LogP contribution is 2.27. The number of rotatable bonds is 3. The quantitative estimate of drug-likeness (QED) is 0.741. The van der Waals surface area contributed by atoms with Crippen LogP contribution in [0.1, 0.15) is 18.5 Å². The molecule has 7 heteroatoms. The molecule has 0 bridgehead atoms. The normalized spacial score (nSPS) is 12.6. The standard InChI is InChI=1S/C13H12ClN5O/c1-8(9-4-3-5-15-13(9)20-2)19-12-10(6-17-19)16-7-11(14)18-12/h3-8H,1-2H3/t8-/m0/s1. The van der Waals surface area contributed by atoms with Crippen molar-refractivity contribution in [1.29, 1.82) is 0 Å². The minimum Gasteiger partial charge on any atom is -0.481 e. The largest absolute Gasteiger partial charge is 0.481 e. The van der Waals surface area contributed by atoms with Crippen LogP contribution in [0.2, 0.25) is 5.15 Å². The van der Waals surface area contributed by atoms with Crippen LogP contribution >= 0.6 is 11.6 Å². The zero-order valence-corrected chi connectivity index (χ0v) is 11.7. The summed E-state index contributed by atoms with van der Waals surface area (Å²) in [5.41, 5.74) is 2.25. The van der Waals surface area contributed by atoms with Crippen molar-refractivity contribution in [3.8, 4) is 5.88 Å². The van der Waals surface area contributed by atoms with E-state index in [-0.39, 0.29) is 6.04 Å². The van der Waals surface area contributed by atoms with Gasteiger partial charge in [-0.15, -0.1) is 0 Å². The maximum atomic E-state index is 5.91. The number of fused-ring (bicyclic) bond motifs is 1. The molecule has 0 radical (unpaired) electrons. The van der Waals surface area contributed by atoms with E-state index in [4.69, 9.17) is 16.3 Å². The van der Waals surface area contributed by atoms with E-state index in [1.165, 1.54) is 6.20 Å². The van der Waals surface area contributed by atoms with Crippen LogP contribution in [-0.4, -0.2) is 31.8 Å². The van der Waals surface area contributed by atoms with Gasteiger partial charge < -0.3 is 4.74 Å². The number of pyridine rings is 1. The molecule has 0 aliphatic carbocycles. The van der Waals surface area contributed by atoms with Crippen molar-refractivity contribution in [1.82, 2.24) is 24.7 Å². The van der Waals surface area contributed by atoms with Crippen LogP contribution in [0.4, 0.5) is 0 Å². The summed E-state index contributed by atoms with van der Waals surface area (Å²) in [6.45, 7) is 1.99. The Bertz CT molecular complexity index is 757. The first-order valence-electron chi connectivity index (χ1n) is 6.05. The van der Waals surface area contributed by atoms with Gasteiger partial charge in [0.1, 0.15) is 10.7 Å². The SMILES string of the molecule is COc1ncccc1[C@H](C)n1ncc2ncc(Cl)nc21. The van der Waals surface area contributed by atoms with Crippen LogP contribution in [0, 0.1) is 0 Å². The van der Waals surface area contributed by atoms with Gasteiger partial charge in [-0.3, -0.25) is 0 Å². The maximum absolute atomic E-state index is 5.91. The Morgan fingerprint density at radius 3 is 2.95 bits per heavy atom. The smallest absolute Gasteiger partial charge is 0.218 e. The molecule has 0 saturated carbocycles. The second-order valence-corrected chi connectivity index (χ2v) is 4.66. The fourth-order valence-corrected chi connectivity index (χ4v) is 2.23. The molecular formula is C13H12ClN5O. The third kappa shape index (κ3) is 2.08. The Morgan fingerprint density at radius 2 is 2.15 bits per heavy atom. The Hall–Kier alpha value is -2.21. The summed E-state index contributed by atoms with van der Waals surface area (Å²) in [6, 6.07) is 3.71. The van der Waals surface area contributed by atoms with Crippen LogP contribution in [0.25, 0.3) is 11.2 Å². The first-order valence-corrected chi connectivity index (χ1v) is 6.43. The Labute approximate surface area is 120 Å². The molecule has 0 aliphatic heterocycles. The molecule has 3 aromatic rings. The second kappa shape index (κ2) is 5.05. The van der Waals surface area contributed by atoms with E-state index in [1.807, 2.05) is 19.1 Å². The lowest BCUT2D eigenvalue weighted by molar-refractivity contribution is 0.384. The second-order valence-electron chi connectivity index (χ2n) is 4.27. The summed E-state index contributed by atoms with van der Waals surface area (Å²) in [5.74, 6) is 0.568. The van der Waals surface area contributed by atoms with E-state index in [0.717, 1.165) is 5.56 Å². The number of hydrogen-bond acceptors (Lipinski definition) is 5. The van der Waals surface area contributed by atoms with Gasteiger partial charge in [0.05, 0.1) is 25.5 Å². The van der Waals surface area contributed by atoms with Crippen molar-refractivity contribution in [2.75, 3.05) is 7.11 Å². The van der Waals surface area contributed by atoms with Gasteiger partial charge in [-0.25, -0.2) is 19.6 Å². The van der Waals surface area contributed by atoms with Gasteiger partial charge in [0.2, 0.25) is 5.88 Å². The zero-order valence-electron chi connectivity index (χ0n) is 11.0. The van der Waals surface area contributed by atoms with Crippen molar-refractivity contribution in [3.05, 3.63) is 41.4 Å². The summed E-state index contributed by atoms with van der Waals surface area (Å²) in [6.07, 6.45) is 4.86. The lowest BCUT2D eigenvalue weighted by Gasteiger charge is -2.15. The number of aromatic nitrogens is 5. The molecule has 3 rings (SSSR count). The molecule has 0 amide bonds. The monoisotopic (exact) mass is 289 g/mol. The molecule has 3 heterocycles. The summed E-state index contributed by atoms with van der Waals surface area (Å²) in [5, 5.41) is 4.68. The first kappa shape index (κ1) is 12.8. The predicted octanol–water partition coefficient (Wildman–Crippen LogP) is 2.49. The third-order valence-corrected chi connectivity index (χ3v) is 3.27. The molecule has 0 fully saturated rings. The van der Waals surface area contributed by atoms with Crippen molar-refractivity contribution >= 4 is 22.8 Å². The molecule has 102 valence electrons. The molecular weight excluding hydrogens is 278 g/mol. The van der Waals surface area contributed by atoms with Gasteiger partial charge in [-0.05, 0) is 19.1 Å². The topological polar surface area (TPSA) is 65.7 Å². The number of ether oxygens (including phenoxy) is 1. The number of halogens is 1. The van der Waals surface area contributed by atoms with Crippen molar-refractivity contribution in [2.45, 2.75) is 13.0 Å². The van der Waals surface area contributed by atoms with Gasteiger partial charge in [0.25, 0.3) is 0 Å². The Morgan fingerprint density at radius 1 is 1.30 bits per heavy atom. The Kier molecular flexibility index (Phi) is 3.23. The highest BCUT2D eigenvalue weighted by Gasteiger charge is 2.18. The van der Waals surface area contributed by atoms with Crippen molar-refractivity contribution in [3.63, 3.8) is 0 Å². The molecule has 20 heavy (non-hydrogen) atoms. The van der Waals surface area contributed by atoms with E-state index < -0.39 is 0 Å². The number of hydrogen-bond donors (Lipinski definition) is 0. The van der Waals surface area contributed by atoms with E-state index >= 15 is 0 Å². The van der Waals surface area contributed by atoms with E-state index in [1.54, 1.807) is 24.2 Å². The fourth-order valence-electron chi connectivity index (χ4n) is 2.11. The number of methoxy groups -OCH3 is 1. The summed E-state index contributed by atoms with van der Waals surface area (Å²) in [7, 11) is 1.59. The minimum absolute atomic E-state index is 0.0936. The average molecular weight is 290 g/mol. The van der Waals surface area contributed by atoms with Gasteiger partial charge in [-0.2, -0.15) is 5.10 Å². The highest BCUT2D eigenvalue weighted by atomic mass is 35.5. The third-order valence-electron chi connectivity index (χ3n) is 3.08. The van der Waals surface area contributed by atoms with Crippen LogP contribution in [0.3, 0.4) is 0 Å².